The summed E-state index contributed by atoms with van der Waals surface area (Å²) < 4.78 is 0. The number of likely N-dealkylation sites (tertiary alicyclic amines) is 1. The van der Waals surface area contributed by atoms with Crippen LogP contribution in [0.2, 0.25) is 0 Å². The summed E-state index contributed by atoms with van der Waals surface area (Å²) in [6, 6.07) is 0. The summed E-state index contributed by atoms with van der Waals surface area (Å²) in [5.41, 5.74) is 2.71. The van der Waals surface area contributed by atoms with Crippen LogP contribution >= 0.6 is 0 Å². The van der Waals surface area contributed by atoms with Crippen LogP contribution in [0.25, 0.3) is 0 Å². The SMILES string of the molecule is CN1CCC(CCNN)CC1. The van der Waals surface area contributed by atoms with E-state index in [1.54, 1.807) is 0 Å². The quantitative estimate of drug-likeness (QED) is 0.453. The van der Waals surface area contributed by atoms with Crippen LogP contribution in [-0.2, 0) is 0 Å². The van der Waals surface area contributed by atoms with E-state index in [2.05, 4.69) is 17.4 Å². The minimum atomic E-state index is 0.905. The highest BCUT2D eigenvalue weighted by molar-refractivity contribution is 4.69. The molecule has 0 aromatic carbocycles. The molecule has 0 aromatic heterocycles. The first-order chi connectivity index (χ1) is 5.33. The Morgan fingerprint density at radius 1 is 1.45 bits per heavy atom. The standard InChI is InChI=1S/C8H19N3/c1-11-6-3-8(4-7-11)2-5-10-9/h8,10H,2-7,9H2,1H3. The van der Waals surface area contributed by atoms with Crippen molar-refractivity contribution in [3.8, 4) is 0 Å². The zero-order valence-corrected chi connectivity index (χ0v) is 7.34. The third kappa shape index (κ3) is 3.18. The highest BCUT2D eigenvalue weighted by atomic mass is 15.2. The second-order valence-electron chi connectivity index (χ2n) is 3.49. The Morgan fingerprint density at radius 2 is 2.09 bits per heavy atom. The molecular weight excluding hydrogens is 138 g/mol. The Bertz CT molecular complexity index is 94.8. The van der Waals surface area contributed by atoms with E-state index in [-0.39, 0.29) is 0 Å². The third-order valence-corrected chi connectivity index (χ3v) is 2.54. The lowest BCUT2D eigenvalue weighted by atomic mass is 9.94. The molecule has 1 saturated heterocycles. The second kappa shape index (κ2) is 4.70. The molecule has 0 spiro atoms. The highest BCUT2D eigenvalue weighted by Gasteiger charge is 2.15. The van der Waals surface area contributed by atoms with Gasteiger partial charge >= 0.3 is 0 Å². The summed E-state index contributed by atoms with van der Waals surface area (Å²) in [6.07, 6.45) is 3.93. The number of nitrogens with one attached hydrogen (secondary N) is 1. The van der Waals surface area contributed by atoms with E-state index in [0.29, 0.717) is 0 Å². The van der Waals surface area contributed by atoms with Crippen LogP contribution in [0.1, 0.15) is 19.3 Å². The van der Waals surface area contributed by atoms with Crippen molar-refractivity contribution in [1.82, 2.24) is 10.3 Å². The number of piperidine rings is 1. The molecule has 66 valence electrons. The van der Waals surface area contributed by atoms with Gasteiger partial charge in [0.05, 0.1) is 0 Å². The molecular formula is C8H19N3. The van der Waals surface area contributed by atoms with Gasteiger partial charge in [-0.05, 0) is 45.3 Å². The Labute approximate surface area is 68.9 Å². The summed E-state index contributed by atoms with van der Waals surface area (Å²) in [5, 5.41) is 0. The molecule has 0 amide bonds. The lowest BCUT2D eigenvalue weighted by molar-refractivity contribution is 0.212. The van der Waals surface area contributed by atoms with Gasteiger partial charge < -0.3 is 4.90 Å². The molecule has 0 unspecified atom stereocenters. The summed E-state index contributed by atoms with van der Waals surface area (Å²) in [6.45, 7) is 3.48. The summed E-state index contributed by atoms with van der Waals surface area (Å²) in [7, 11) is 2.19. The van der Waals surface area contributed by atoms with Crippen LogP contribution < -0.4 is 11.3 Å². The van der Waals surface area contributed by atoms with Crippen molar-refractivity contribution < 1.29 is 0 Å². The fraction of sp³-hybridized carbons (Fsp3) is 1.00. The van der Waals surface area contributed by atoms with Crippen molar-refractivity contribution in [2.75, 3.05) is 26.7 Å². The first kappa shape index (κ1) is 8.97. The van der Waals surface area contributed by atoms with Gasteiger partial charge in [-0.1, -0.05) is 0 Å². The zero-order valence-electron chi connectivity index (χ0n) is 7.34. The number of hydrogen-bond acceptors (Lipinski definition) is 3. The summed E-state index contributed by atoms with van der Waals surface area (Å²) in [4.78, 5) is 2.40. The van der Waals surface area contributed by atoms with E-state index in [0.717, 1.165) is 12.5 Å². The first-order valence-corrected chi connectivity index (χ1v) is 4.45. The molecule has 0 aromatic rings. The van der Waals surface area contributed by atoms with Gasteiger partial charge in [0.25, 0.3) is 0 Å². The van der Waals surface area contributed by atoms with Gasteiger partial charge in [0.15, 0.2) is 0 Å². The lowest BCUT2D eigenvalue weighted by Gasteiger charge is -2.28. The van der Waals surface area contributed by atoms with Crippen molar-refractivity contribution in [3.05, 3.63) is 0 Å². The molecule has 0 atom stereocenters. The molecule has 0 saturated carbocycles. The number of hydrazine groups is 1. The maximum absolute atomic E-state index is 5.21. The topological polar surface area (TPSA) is 41.3 Å². The number of nitrogens with two attached hydrogens (primary N) is 1. The van der Waals surface area contributed by atoms with Crippen molar-refractivity contribution in [2.24, 2.45) is 11.8 Å². The van der Waals surface area contributed by atoms with E-state index in [1.165, 1.54) is 32.4 Å². The largest absolute Gasteiger partial charge is 0.306 e. The maximum Gasteiger partial charge on any atom is 0.0100 e. The smallest absolute Gasteiger partial charge is 0.0100 e. The van der Waals surface area contributed by atoms with Crippen LogP contribution in [0.3, 0.4) is 0 Å². The number of rotatable bonds is 3. The van der Waals surface area contributed by atoms with Gasteiger partial charge in [0.2, 0.25) is 0 Å². The molecule has 0 aliphatic carbocycles. The molecule has 11 heavy (non-hydrogen) atoms. The van der Waals surface area contributed by atoms with Crippen LogP contribution in [0.5, 0.6) is 0 Å². The fourth-order valence-electron chi connectivity index (χ4n) is 1.64. The van der Waals surface area contributed by atoms with Crippen LogP contribution in [0.15, 0.2) is 0 Å². The van der Waals surface area contributed by atoms with Crippen molar-refractivity contribution in [2.45, 2.75) is 19.3 Å². The maximum atomic E-state index is 5.21. The van der Waals surface area contributed by atoms with Gasteiger partial charge in [0, 0.05) is 6.54 Å². The van der Waals surface area contributed by atoms with Gasteiger partial charge in [-0.3, -0.25) is 11.3 Å². The first-order valence-electron chi connectivity index (χ1n) is 4.45. The monoisotopic (exact) mass is 157 g/mol. The van der Waals surface area contributed by atoms with Gasteiger partial charge in [-0.2, -0.15) is 0 Å². The average molecular weight is 157 g/mol. The molecule has 3 heteroatoms. The number of nitrogens with zero attached hydrogens (tertiary/aromatic N) is 1. The predicted molar refractivity (Wildman–Crippen MR) is 47.0 cm³/mol. The van der Waals surface area contributed by atoms with Crippen molar-refractivity contribution in [3.63, 3.8) is 0 Å². The Hall–Kier alpha value is -0.120. The molecule has 1 rings (SSSR count). The molecule has 0 radical (unpaired) electrons. The Kier molecular flexibility index (Phi) is 3.83. The fourth-order valence-corrected chi connectivity index (χ4v) is 1.64. The van der Waals surface area contributed by atoms with E-state index >= 15 is 0 Å². The van der Waals surface area contributed by atoms with Gasteiger partial charge in [-0.15, -0.1) is 0 Å². The van der Waals surface area contributed by atoms with Gasteiger partial charge in [-0.25, -0.2) is 0 Å². The second-order valence-corrected chi connectivity index (χ2v) is 3.49. The van der Waals surface area contributed by atoms with Crippen LogP contribution in [0.4, 0.5) is 0 Å². The molecule has 3 nitrogen and oxygen atoms in total. The highest BCUT2D eigenvalue weighted by Crippen LogP contribution is 2.18. The average Bonchev–Trinajstić information content (AvgIpc) is 2.04. The van der Waals surface area contributed by atoms with Crippen LogP contribution in [0, 0.1) is 5.92 Å². The summed E-state index contributed by atoms with van der Waals surface area (Å²) in [5.74, 6) is 6.12. The van der Waals surface area contributed by atoms with E-state index in [1.807, 2.05) is 0 Å². The normalized spacial score (nSPS) is 22.4. The van der Waals surface area contributed by atoms with E-state index < -0.39 is 0 Å². The van der Waals surface area contributed by atoms with Gasteiger partial charge in [0.1, 0.15) is 0 Å². The minimum Gasteiger partial charge on any atom is -0.306 e. The van der Waals surface area contributed by atoms with E-state index in [4.69, 9.17) is 5.84 Å². The van der Waals surface area contributed by atoms with E-state index in [9.17, 15) is 0 Å². The molecule has 1 aliphatic rings. The molecule has 1 fully saturated rings. The Morgan fingerprint density at radius 3 is 2.64 bits per heavy atom. The molecule has 0 bridgehead atoms. The molecule has 1 heterocycles. The summed E-state index contributed by atoms with van der Waals surface area (Å²) >= 11 is 0. The van der Waals surface area contributed by atoms with Crippen molar-refractivity contribution in [1.29, 1.82) is 0 Å². The zero-order chi connectivity index (χ0) is 8.10. The predicted octanol–water partition coefficient (Wildman–Crippen LogP) is 0.182. The van der Waals surface area contributed by atoms with Crippen molar-refractivity contribution >= 4 is 0 Å². The molecule has 3 N–H and O–H groups in total. The third-order valence-electron chi connectivity index (χ3n) is 2.54. The lowest BCUT2D eigenvalue weighted by Crippen LogP contribution is -2.32. The number of hydrogen-bond donors (Lipinski definition) is 2. The molecule has 1 aliphatic heterocycles. The van der Waals surface area contributed by atoms with Crippen LogP contribution in [-0.4, -0.2) is 31.6 Å². The Balaban J connectivity index is 2.07. The minimum absolute atomic E-state index is 0.905.